The van der Waals surface area contributed by atoms with Gasteiger partial charge in [-0.2, -0.15) is 0 Å². The molecule has 0 radical (unpaired) electrons. The predicted octanol–water partition coefficient (Wildman–Crippen LogP) is 7.20. The van der Waals surface area contributed by atoms with Gasteiger partial charge in [-0.1, -0.05) is 44.5 Å². The minimum atomic E-state index is -0.600. The minimum absolute atomic E-state index is 0.251. The van der Waals surface area contributed by atoms with Crippen molar-refractivity contribution in [1.29, 1.82) is 0 Å². The Labute approximate surface area is 263 Å². The van der Waals surface area contributed by atoms with Gasteiger partial charge in [0.05, 0.1) is 19.3 Å². The molecule has 0 saturated heterocycles. The van der Waals surface area contributed by atoms with Crippen molar-refractivity contribution in [1.82, 2.24) is 0 Å². The quantitative estimate of drug-likeness (QED) is 0.103. The molecule has 0 fully saturated rings. The third-order valence-electron chi connectivity index (χ3n) is 6.59. The van der Waals surface area contributed by atoms with E-state index in [1.54, 1.807) is 42.5 Å². The summed E-state index contributed by atoms with van der Waals surface area (Å²) in [5.74, 6) is 10.9. The van der Waals surface area contributed by atoms with Crippen molar-refractivity contribution in [2.45, 2.75) is 20.3 Å². The molecule has 0 amide bonds. The maximum absolute atomic E-state index is 12.8. The second kappa shape index (κ2) is 15.9. The highest BCUT2D eigenvalue weighted by atomic mass is 16.5. The Morgan fingerprint density at radius 1 is 0.733 bits per heavy atom. The zero-order valence-corrected chi connectivity index (χ0v) is 25.1. The number of methoxy groups -OCH3 is 1. The first-order valence-electron chi connectivity index (χ1n) is 14.1. The number of hydrogen-bond donors (Lipinski definition) is 0. The summed E-state index contributed by atoms with van der Waals surface area (Å²) in [6, 6.07) is 25.5. The Hall–Kier alpha value is -6.10. The summed E-state index contributed by atoms with van der Waals surface area (Å²) in [5, 5.41) is 0. The van der Waals surface area contributed by atoms with Gasteiger partial charge in [-0.05, 0) is 89.5 Å². The molecule has 7 nitrogen and oxygen atoms in total. The van der Waals surface area contributed by atoms with E-state index in [4.69, 9.17) is 30.1 Å². The summed E-state index contributed by atoms with van der Waals surface area (Å²) < 4.78 is 27.5. The van der Waals surface area contributed by atoms with Crippen molar-refractivity contribution >= 4 is 11.9 Å². The largest absolute Gasteiger partial charge is 0.496 e. The van der Waals surface area contributed by atoms with Crippen LogP contribution in [0.3, 0.4) is 0 Å². The lowest BCUT2D eigenvalue weighted by Gasteiger charge is -2.13. The molecule has 0 aliphatic heterocycles. The highest BCUT2D eigenvalue weighted by Gasteiger charge is 2.17. The van der Waals surface area contributed by atoms with Gasteiger partial charge >= 0.3 is 11.9 Å². The molecule has 0 N–H and O–H groups in total. The van der Waals surface area contributed by atoms with Crippen LogP contribution in [0.4, 0.5) is 0 Å². The summed E-state index contributed by atoms with van der Waals surface area (Å²) in [4.78, 5) is 25.6. The minimum Gasteiger partial charge on any atom is -0.496 e. The molecule has 0 spiro atoms. The third-order valence-corrected chi connectivity index (χ3v) is 6.59. The van der Waals surface area contributed by atoms with Crippen LogP contribution in [0, 0.1) is 42.1 Å². The Kier molecular flexibility index (Phi) is 11.3. The molecule has 4 aromatic carbocycles. The van der Waals surface area contributed by atoms with Crippen molar-refractivity contribution in [2.24, 2.45) is 5.92 Å². The van der Waals surface area contributed by atoms with Gasteiger partial charge in [-0.15, -0.1) is 6.42 Å². The lowest BCUT2D eigenvalue weighted by Crippen LogP contribution is -2.12. The van der Waals surface area contributed by atoms with Crippen molar-refractivity contribution in [2.75, 3.05) is 13.7 Å². The summed E-state index contributed by atoms with van der Waals surface area (Å²) in [6.45, 7) is 4.77. The number of carbonyl (C=O) groups is 2. The molecule has 0 aliphatic rings. The van der Waals surface area contributed by atoms with Crippen LogP contribution in [0.2, 0.25) is 0 Å². The number of hydrogen-bond acceptors (Lipinski definition) is 7. The number of benzene rings is 4. The van der Waals surface area contributed by atoms with E-state index in [2.05, 4.69) is 43.6 Å². The Balaban J connectivity index is 1.32. The molecule has 0 aliphatic carbocycles. The van der Waals surface area contributed by atoms with Crippen molar-refractivity contribution in [3.63, 3.8) is 0 Å². The molecule has 4 aromatic rings. The molecule has 45 heavy (non-hydrogen) atoms. The molecule has 4 rings (SSSR count). The van der Waals surface area contributed by atoms with Crippen LogP contribution in [-0.2, 0) is 0 Å². The van der Waals surface area contributed by atoms with Gasteiger partial charge in [0.25, 0.3) is 0 Å². The molecular weight excluding hydrogens is 568 g/mol. The lowest BCUT2D eigenvalue weighted by atomic mass is 10.1. The summed E-state index contributed by atoms with van der Waals surface area (Å²) in [5.41, 5.74) is 2.40. The molecular formula is C38H30O7. The Morgan fingerprint density at radius 2 is 1.31 bits per heavy atom. The van der Waals surface area contributed by atoms with Crippen molar-refractivity contribution in [3.05, 3.63) is 102 Å². The number of terminal acetylenes is 1. The van der Waals surface area contributed by atoms with E-state index in [0.717, 1.165) is 17.5 Å². The molecule has 224 valence electrons. The van der Waals surface area contributed by atoms with Crippen LogP contribution in [-0.4, -0.2) is 25.7 Å². The van der Waals surface area contributed by atoms with Gasteiger partial charge in [0.15, 0.2) is 0 Å². The van der Waals surface area contributed by atoms with Gasteiger partial charge in [0, 0.05) is 17.9 Å². The maximum Gasteiger partial charge on any atom is 0.347 e. The van der Waals surface area contributed by atoms with E-state index in [9.17, 15) is 9.59 Å². The van der Waals surface area contributed by atoms with E-state index in [0.29, 0.717) is 41.1 Å². The molecule has 0 saturated carbocycles. The topological polar surface area (TPSA) is 80.3 Å². The van der Waals surface area contributed by atoms with Crippen LogP contribution in [0.1, 0.15) is 41.0 Å². The van der Waals surface area contributed by atoms with Crippen LogP contribution in [0.25, 0.3) is 11.1 Å². The average Bonchev–Trinajstić information content (AvgIpc) is 3.07. The number of carbonyl (C=O) groups excluding carboxylic acids is 2. The second-order valence-electron chi connectivity index (χ2n) is 9.76. The summed E-state index contributed by atoms with van der Waals surface area (Å²) in [6.07, 6.45) is 8.50. The smallest absolute Gasteiger partial charge is 0.347 e. The van der Waals surface area contributed by atoms with E-state index in [1.165, 1.54) is 31.4 Å². The highest BCUT2D eigenvalue weighted by Crippen LogP contribution is 2.28. The maximum atomic E-state index is 12.8. The molecule has 0 aromatic heterocycles. The summed E-state index contributed by atoms with van der Waals surface area (Å²) in [7, 11) is 1.48. The number of ether oxygens (including phenoxy) is 5. The fourth-order valence-electron chi connectivity index (χ4n) is 3.88. The number of esters is 2. The fraction of sp³-hybridized carbons (Fsp3) is 0.158. The van der Waals surface area contributed by atoms with Crippen molar-refractivity contribution < 1.29 is 33.3 Å². The first-order chi connectivity index (χ1) is 21.9. The first-order valence-corrected chi connectivity index (χ1v) is 14.1. The SMILES string of the molecule is C#CC#CC#COc1ccc(-c2ccc(OC(=O)c3ccc(OC(=O)c4ccc(OC[C@H](C)CC)cc4OC)cc3)cc2)cc1. The zero-order valence-electron chi connectivity index (χ0n) is 25.1. The zero-order chi connectivity index (χ0) is 32.0. The van der Waals surface area contributed by atoms with Gasteiger partial charge in [-0.3, -0.25) is 0 Å². The van der Waals surface area contributed by atoms with E-state index < -0.39 is 11.9 Å². The van der Waals surface area contributed by atoms with E-state index in [-0.39, 0.29) is 11.3 Å². The van der Waals surface area contributed by atoms with Crippen molar-refractivity contribution in [3.8, 4) is 76.1 Å². The van der Waals surface area contributed by atoms with Crippen LogP contribution in [0.15, 0.2) is 91.0 Å². The molecule has 7 heteroatoms. The van der Waals surface area contributed by atoms with Crippen LogP contribution in [0.5, 0.6) is 28.7 Å². The summed E-state index contributed by atoms with van der Waals surface area (Å²) >= 11 is 0. The fourth-order valence-corrected chi connectivity index (χ4v) is 3.88. The van der Waals surface area contributed by atoms with E-state index in [1.807, 2.05) is 24.3 Å². The lowest BCUT2D eigenvalue weighted by molar-refractivity contribution is 0.0728. The molecule has 1 atom stereocenters. The third kappa shape index (κ3) is 9.19. The highest BCUT2D eigenvalue weighted by molar-refractivity contribution is 5.95. The molecule has 0 bridgehead atoms. The van der Waals surface area contributed by atoms with Gasteiger partial charge in [0.1, 0.15) is 40.4 Å². The monoisotopic (exact) mass is 598 g/mol. The van der Waals surface area contributed by atoms with Crippen LogP contribution >= 0.6 is 0 Å². The normalized spacial score (nSPS) is 10.4. The second-order valence-corrected chi connectivity index (χ2v) is 9.76. The van der Waals surface area contributed by atoms with Gasteiger partial charge in [0.2, 0.25) is 0 Å². The number of rotatable bonds is 11. The predicted molar refractivity (Wildman–Crippen MR) is 171 cm³/mol. The standard InChI is InChI=1S/C38H30O7/c1-5-7-8-9-24-42-31-16-10-28(11-17-31)29-12-18-32(19-13-29)44-37(39)30-14-20-33(21-15-30)45-38(40)35-23-22-34(25-36(35)41-4)43-26-27(3)6-2/h1,10-23,25,27H,6,26H2,2-4H3/t27-/m1/s1. The first kappa shape index (κ1) is 31.8. The average molecular weight is 599 g/mol. The molecule has 0 heterocycles. The Morgan fingerprint density at radius 3 is 1.91 bits per heavy atom. The van der Waals surface area contributed by atoms with Gasteiger partial charge < -0.3 is 23.7 Å². The Bertz CT molecular complexity index is 1790. The van der Waals surface area contributed by atoms with E-state index >= 15 is 0 Å². The van der Waals surface area contributed by atoms with Gasteiger partial charge in [-0.25, -0.2) is 9.59 Å². The molecule has 0 unspecified atom stereocenters. The van der Waals surface area contributed by atoms with Crippen LogP contribution < -0.4 is 23.7 Å².